The first-order valence-electron chi connectivity index (χ1n) is 9.21. The zero-order valence-electron chi connectivity index (χ0n) is 16.0. The van der Waals surface area contributed by atoms with Crippen LogP contribution in [-0.4, -0.2) is 29.9 Å². The van der Waals surface area contributed by atoms with Gasteiger partial charge < -0.3 is 10.2 Å². The molecular weight excluding hydrogens is 381 g/mol. The lowest BCUT2D eigenvalue weighted by atomic mass is 10.1. The number of halogens is 2. The molecule has 1 aliphatic heterocycles. The molecule has 28 heavy (non-hydrogen) atoms. The third-order valence-corrected chi connectivity index (χ3v) is 5.21. The van der Waals surface area contributed by atoms with Crippen molar-refractivity contribution in [3.63, 3.8) is 0 Å². The van der Waals surface area contributed by atoms with Crippen LogP contribution >= 0.6 is 11.6 Å². The summed E-state index contributed by atoms with van der Waals surface area (Å²) in [5, 5.41) is 5.81. The SMILES string of the molecule is CC(NC(C)C(=O)N1c2ccccc2CC1C)C(=O)Nc1ccc(F)cc1Cl. The summed E-state index contributed by atoms with van der Waals surface area (Å²) in [7, 11) is 0. The molecule has 0 spiro atoms. The number of fused-ring (bicyclic) bond motifs is 1. The van der Waals surface area contributed by atoms with Crippen molar-refractivity contribution in [1.29, 1.82) is 0 Å². The van der Waals surface area contributed by atoms with E-state index < -0.39 is 17.9 Å². The van der Waals surface area contributed by atoms with E-state index in [-0.39, 0.29) is 22.9 Å². The van der Waals surface area contributed by atoms with Crippen LogP contribution in [0.1, 0.15) is 26.3 Å². The summed E-state index contributed by atoms with van der Waals surface area (Å²) in [5.41, 5.74) is 2.39. The molecule has 0 saturated carbocycles. The minimum atomic E-state index is -0.645. The fourth-order valence-corrected chi connectivity index (χ4v) is 3.68. The number of amides is 2. The van der Waals surface area contributed by atoms with E-state index in [0.717, 1.165) is 23.7 Å². The highest BCUT2D eigenvalue weighted by atomic mass is 35.5. The van der Waals surface area contributed by atoms with E-state index in [1.807, 2.05) is 31.2 Å². The summed E-state index contributed by atoms with van der Waals surface area (Å²) >= 11 is 5.95. The van der Waals surface area contributed by atoms with Crippen LogP contribution in [0.4, 0.5) is 15.8 Å². The van der Waals surface area contributed by atoms with Gasteiger partial charge in [-0.25, -0.2) is 4.39 Å². The van der Waals surface area contributed by atoms with E-state index in [9.17, 15) is 14.0 Å². The van der Waals surface area contributed by atoms with Gasteiger partial charge >= 0.3 is 0 Å². The van der Waals surface area contributed by atoms with Crippen molar-refractivity contribution in [1.82, 2.24) is 5.32 Å². The lowest BCUT2D eigenvalue weighted by Crippen LogP contribution is -2.52. The molecule has 1 aliphatic rings. The lowest BCUT2D eigenvalue weighted by molar-refractivity contribution is -0.121. The first kappa shape index (κ1) is 20.3. The van der Waals surface area contributed by atoms with E-state index in [1.54, 1.807) is 18.7 Å². The van der Waals surface area contributed by atoms with Crippen LogP contribution in [0.5, 0.6) is 0 Å². The molecule has 0 aliphatic carbocycles. The van der Waals surface area contributed by atoms with Crippen LogP contribution in [0.3, 0.4) is 0 Å². The highest BCUT2D eigenvalue weighted by Crippen LogP contribution is 2.32. The van der Waals surface area contributed by atoms with Crippen LogP contribution in [0, 0.1) is 5.82 Å². The second-order valence-corrected chi connectivity index (χ2v) is 7.52. The fraction of sp³-hybridized carbons (Fsp3) is 0.333. The maximum absolute atomic E-state index is 13.1. The number of anilines is 2. The monoisotopic (exact) mass is 403 g/mol. The minimum Gasteiger partial charge on any atom is -0.323 e. The molecule has 3 atom stereocenters. The lowest BCUT2D eigenvalue weighted by Gasteiger charge is -2.28. The molecule has 0 bridgehead atoms. The third kappa shape index (κ3) is 4.18. The molecule has 3 rings (SSSR count). The van der Waals surface area contributed by atoms with Crippen LogP contribution in [-0.2, 0) is 16.0 Å². The van der Waals surface area contributed by atoms with Crippen LogP contribution in [0.15, 0.2) is 42.5 Å². The Labute approximate surface area is 168 Å². The van der Waals surface area contributed by atoms with Gasteiger partial charge in [0.15, 0.2) is 0 Å². The summed E-state index contributed by atoms with van der Waals surface area (Å²) in [6, 6.07) is 10.5. The normalized spacial score (nSPS) is 17.8. The number of rotatable bonds is 5. The second-order valence-electron chi connectivity index (χ2n) is 7.11. The predicted molar refractivity (Wildman–Crippen MR) is 109 cm³/mol. The number of hydrogen-bond acceptors (Lipinski definition) is 3. The minimum absolute atomic E-state index is 0.0660. The van der Waals surface area contributed by atoms with Crippen molar-refractivity contribution in [2.24, 2.45) is 0 Å². The van der Waals surface area contributed by atoms with Gasteiger partial charge in [-0.2, -0.15) is 0 Å². The Morgan fingerprint density at radius 3 is 2.61 bits per heavy atom. The van der Waals surface area contributed by atoms with Gasteiger partial charge in [0.1, 0.15) is 5.82 Å². The number of carbonyl (C=O) groups excluding carboxylic acids is 2. The smallest absolute Gasteiger partial charge is 0.244 e. The Balaban J connectivity index is 1.64. The molecule has 2 aromatic carbocycles. The van der Waals surface area contributed by atoms with Crippen molar-refractivity contribution in [2.45, 2.75) is 45.3 Å². The Morgan fingerprint density at radius 2 is 1.89 bits per heavy atom. The second kappa shape index (κ2) is 8.29. The number of hydrogen-bond donors (Lipinski definition) is 2. The maximum atomic E-state index is 13.1. The summed E-state index contributed by atoms with van der Waals surface area (Å²) in [5.74, 6) is -0.923. The summed E-state index contributed by atoms with van der Waals surface area (Å²) in [6.45, 7) is 5.42. The molecule has 2 N–H and O–H groups in total. The third-order valence-electron chi connectivity index (χ3n) is 4.90. The fourth-order valence-electron chi connectivity index (χ4n) is 3.46. The molecule has 1 heterocycles. The highest BCUT2D eigenvalue weighted by Gasteiger charge is 2.33. The standard InChI is InChI=1S/C21H23ClFN3O2/c1-12-10-15-6-4-5-7-19(15)26(12)21(28)14(3)24-13(2)20(27)25-18-9-8-16(23)11-17(18)22/h4-9,11-14,24H,10H2,1-3H3,(H,25,27). The number of nitrogens with one attached hydrogen (secondary N) is 2. The first-order chi connectivity index (χ1) is 13.3. The number of para-hydroxylation sites is 1. The Bertz CT molecular complexity index is 905. The molecule has 0 radical (unpaired) electrons. The quantitative estimate of drug-likeness (QED) is 0.799. The van der Waals surface area contributed by atoms with Crippen LogP contribution < -0.4 is 15.5 Å². The Kier molecular flexibility index (Phi) is 6.01. The molecule has 0 saturated heterocycles. The van der Waals surface area contributed by atoms with Crippen molar-refractivity contribution in [3.05, 3.63) is 58.9 Å². The molecule has 3 unspecified atom stereocenters. The topological polar surface area (TPSA) is 61.4 Å². The predicted octanol–water partition coefficient (Wildman–Crippen LogP) is 3.76. The molecule has 2 amide bonds. The highest BCUT2D eigenvalue weighted by molar-refractivity contribution is 6.33. The molecular formula is C21H23ClFN3O2. The van der Waals surface area contributed by atoms with Gasteiger partial charge in [-0.3, -0.25) is 14.9 Å². The van der Waals surface area contributed by atoms with E-state index in [4.69, 9.17) is 11.6 Å². The van der Waals surface area contributed by atoms with E-state index in [2.05, 4.69) is 10.6 Å². The summed E-state index contributed by atoms with van der Waals surface area (Å²) in [6.07, 6.45) is 0.813. The van der Waals surface area contributed by atoms with Crippen molar-refractivity contribution in [3.8, 4) is 0 Å². The van der Waals surface area contributed by atoms with Gasteiger partial charge in [-0.05, 0) is 57.0 Å². The molecule has 0 aromatic heterocycles. The van der Waals surface area contributed by atoms with Crippen LogP contribution in [0.25, 0.3) is 0 Å². The number of carbonyl (C=O) groups is 2. The van der Waals surface area contributed by atoms with Crippen molar-refractivity contribution >= 4 is 34.8 Å². The summed E-state index contributed by atoms with van der Waals surface area (Å²) < 4.78 is 13.1. The van der Waals surface area contributed by atoms with Crippen LogP contribution in [0.2, 0.25) is 5.02 Å². The zero-order chi connectivity index (χ0) is 20.4. The summed E-state index contributed by atoms with van der Waals surface area (Å²) in [4.78, 5) is 27.2. The zero-order valence-corrected chi connectivity index (χ0v) is 16.8. The van der Waals surface area contributed by atoms with E-state index >= 15 is 0 Å². The average molecular weight is 404 g/mol. The van der Waals surface area contributed by atoms with Crippen molar-refractivity contribution in [2.75, 3.05) is 10.2 Å². The Morgan fingerprint density at radius 1 is 1.18 bits per heavy atom. The van der Waals surface area contributed by atoms with Gasteiger partial charge in [0.2, 0.25) is 11.8 Å². The van der Waals surface area contributed by atoms with Gasteiger partial charge in [0.25, 0.3) is 0 Å². The van der Waals surface area contributed by atoms with Gasteiger partial charge in [-0.15, -0.1) is 0 Å². The van der Waals surface area contributed by atoms with Gasteiger partial charge in [0.05, 0.1) is 22.8 Å². The van der Waals surface area contributed by atoms with E-state index in [0.29, 0.717) is 5.69 Å². The largest absolute Gasteiger partial charge is 0.323 e. The maximum Gasteiger partial charge on any atom is 0.244 e. The molecule has 0 fully saturated rings. The number of nitrogens with zero attached hydrogens (tertiary/aromatic N) is 1. The number of benzene rings is 2. The molecule has 2 aromatic rings. The first-order valence-corrected chi connectivity index (χ1v) is 9.58. The van der Waals surface area contributed by atoms with Gasteiger partial charge in [0, 0.05) is 11.7 Å². The molecule has 5 nitrogen and oxygen atoms in total. The van der Waals surface area contributed by atoms with Gasteiger partial charge in [-0.1, -0.05) is 29.8 Å². The van der Waals surface area contributed by atoms with Crippen molar-refractivity contribution < 1.29 is 14.0 Å². The van der Waals surface area contributed by atoms with E-state index in [1.165, 1.54) is 12.1 Å². The molecule has 148 valence electrons. The average Bonchev–Trinajstić information content (AvgIpc) is 2.98. The Hall–Kier alpha value is -2.44. The molecule has 7 heteroatoms.